The highest BCUT2D eigenvalue weighted by atomic mass is 32.1. The standard InChI is InChI=1S/C25H30N2O3S/c1-16(2)19-10-8-18(9-11-19)14-22(28)27(15-20-6-5-13-30-20)25-26-23-21(29-4)12-7-17(3)24(23)31-25/h7-12,16,20H,5-6,13-15H2,1-4H3. The fourth-order valence-corrected chi connectivity index (χ4v) is 5.03. The van der Waals surface area contributed by atoms with Gasteiger partial charge in [0.05, 0.1) is 30.9 Å². The lowest BCUT2D eigenvalue weighted by molar-refractivity contribution is -0.118. The van der Waals surface area contributed by atoms with Gasteiger partial charge < -0.3 is 9.47 Å². The van der Waals surface area contributed by atoms with Gasteiger partial charge in [-0.25, -0.2) is 4.98 Å². The summed E-state index contributed by atoms with van der Waals surface area (Å²) >= 11 is 1.55. The summed E-state index contributed by atoms with van der Waals surface area (Å²) in [6.07, 6.45) is 2.41. The van der Waals surface area contributed by atoms with E-state index in [1.807, 2.05) is 17.0 Å². The molecule has 1 atom stereocenters. The van der Waals surface area contributed by atoms with Gasteiger partial charge >= 0.3 is 0 Å². The highest BCUT2D eigenvalue weighted by Crippen LogP contribution is 2.37. The van der Waals surface area contributed by atoms with E-state index < -0.39 is 0 Å². The molecule has 1 unspecified atom stereocenters. The van der Waals surface area contributed by atoms with E-state index >= 15 is 0 Å². The zero-order chi connectivity index (χ0) is 22.0. The van der Waals surface area contributed by atoms with Crippen molar-refractivity contribution in [2.75, 3.05) is 25.2 Å². The van der Waals surface area contributed by atoms with Crippen molar-refractivity contribution in [3.8, 4) is 5.75 Å². The number of thiazole rings is 1. The summed E-state index contributed by atoms with van der Waals surface area (Å²) in [5, 5.41) is 0.710. The van der Waals surface area contributed by atoms with Crippen molar-refractivity contribution >= 4 is 32.6 Å². The molecule has 0 bridgehead atoms. The SMILES string of the molecule is COc1ccc(C)c2sc(N(CC3CCCO3)C(=O)Cc3ccc(C(C)C)cc3)nc12. The normalized spacial score (nSPS) is 16.2. The van der Waals surface area contributed by atoms with E-state index in [2.05, 4.69) is 45.0 Å². The number of carbonyl (C=O) groups excluding carboxylic acids is 1. The first-order chi connectivity index (χ1) is 15.0. The molecule has 1 aliphatic heterocycles. The van der Waals surface area contributed by atoms with Gasteiger partial charge in [0.15, 0.2) is 5.13 Å². The van der Waals surface area contributed by atoms with Gasteiger partial charge in [-0.3, -0.25) is 9.69 Å². The highest BCUT2D eigenvalue weighted by molar-refractivity contribution is 7.22. The maximum Gasteiger partial charge on any atom is 0.233 e. The molecular weight excluding hydrogens is 408 g/mol. The van der Waals surface area contributed by atoms with Gasteiger partial charge in [0.2, 0.25) is 5.91 Å². The fourth-order valence-electron chi connectivity index (χ4n) is 3.95. The number of ether oxygens (including phenoxy) is 2. The van der Waals surface area contributed by atoms with Gasteiger partial charge in [-0.15, -0.1) is 0 Å². The predicted octanol–water partition coefficient (Wildman–Crippen LogP) is 5.49. The van der Waals surface area contributed by atoms with Crippen LogP contribution in [0.2, 0.25) is 0 Å². The highest BCUT2D eigenvalue weighted by Gasteiger charge is 2.27. The lowest BCUT2D eigenvalue weighted by Gasteiger charge is -2.23. The largest absolute Gasteiger partial charge is 0.494 e. The fraction of sp³-hybridized carbons (Fsp3) is 0.440. The number of rotatable bonds is 7. The third-order valence-corrected chi connectivity index (χ3v) is 7.07. The number of nitrogens with zero attached hydrogens (tertiary/aromatic N) is 2. The molecule has 1 aromatic heterocycles. The molecule has 0 spiro atoms. The molecule has 6 heteroatoms. The molecule has 5 nitrogen and oxygen atoms in total. The molecule has 2 aromatic carbocycles. The monoisotopic (exact) mass is 438 g/mol. The Bertz CT molecular complexity index is 1050. The quantitative estimate of drug-likeness (QED) is 0.489. The van der Waals surface area contributed by atoms with E-state index in [1.54, 1.807) is 18.4 Å². The second-order valence-electron chi connectivity index (χ2n) is 8.47. The second-order valence-corrected chi connectivity index (χ2v) is 9.45. The van der Waals surface area contributed by atoms with Crippen molar-refractivity contribution in [1.82, 2.24) is 4.98 Å². The number of hydrogen-bond acceptors (Lipinski definition) is 5. The van der Waals surface area contributed by atoms with Crippen LogP contribution in [0.25, 0.3) is 10.2 Å². The third-order valence-electron chi connectivity index (χ3n) is 5.86. The van der Waals surface area contributed by atoms with Crippen LogP contribution in [0.15, 0.2) is 36.4 Å². The van der Waals surface area contributed by atoms with Gasteiger partial charge in [-0.05, 0) is 48.4 Å². The number of benzene rings is 2. The minimum atomic E-state index is 0.0449. The van der Waals surface area contributed by atoms with Crippen molar-refractivity contribution in [3.63, 3.8) is 0 Å². The van der Waals surface area contributed by atoms with Crippen LogP contribution in [-0.2, 0) is 16.0 Å². The van der Waals surface area contributed by atoms with Crippen molar-refractivity contribution in [2.24, 2.45) is 0 Å². The minimum Gasteiger partial charge on any atom is -0.494 e. The van der Waals surface area contributed by atoms with Crippen LogP contribution >= 0.6 is 11.3 Å². The topological polar surface area (TPSA) is 51.7 Å². The maximum atomic E-state index is 13.4. The second kappa shape index (κ2) is 9.37. The van der Waals surface area contributed by atoms with E-state index in [-0.39, 0.29) is 12.0 Å². The Hall–Kier alpha value is -2.44. The van der Waals surface area contributed by atoms with Crippen molar-refractivity contribution in [3.05, 3.63) is 53.1 Å². The average molecular weight is 439 g/mol. The molecule has 4 rings (SSSR count). The van der Waals surface area contributed by atoms with E-state index in [9.17, 15) is 4.79 Å². The molecule has 3 aromatic rings. The Morgan fingerprint density at radius 3 is 2.68 bits per heavy atom. The number of carbonyl (C=O) groups is 1. The summed E-state index contributed by atoms with van der Waals surface area (Å²) in [5.41, 5.74) is 4.24. The molecule has 1 fully saturated rings. The number of hydrogen-bond donors (Lipinski definition) is 0. The van der Waals surface area contributed by atoms with Crippen molar-refractivity contribution in [1.29, 1.82) is 0 Å². The lowest BCUT2D eigenvalue weighted by Crippen LogP contribution is -2.38. The first kappa shape index (κ1) is 21.8. The predicted molar refractivity (Wildman–Crippen MR) is 126 cm³/mol. The summed E-state index contributed by atoms with van der Waals surface area (Å²) in [6, 6.07) is 12.3. The van der Waals surface area contributed by atoms with E-state index in [4.69, 9.17) is 14.5 Å². The zero-order valence-electron chi connectivity index (χ0n) is 18.7. The zero-order valence-corrected chi connectivity index (χ0v) is 19.5. The summed E-state index contributed by atoms with van der Waals surface area (Å²) in [5.74, 6) is 1.25. The average Bonchev–Trinajstić information content (AvgIpc) is 3.43. The number of fused-ring (bicyclic) bond motifs is 1. The van der Waals surface area contributed by atoms with Gasteiger partial charge in [0.25, 0.3) is 0 Å². The van der Waals surface area contributed by atoms with Crippen molar-refractivity contribution < 1.29 is 14.3 Å². The third kappa shape index (κ3) is 4.75. The molecule has 2 heterocycles. The molecule has 0 radical (unpaired) electrons. The van der Waals surface area contributed by atoms with Gasteiger partial charge in [0, 0.05) is 6.61 Å². The van der Waals surface area contributed by atoms with Crippen LogP contribution in [0.3, 0.4) is 0 Å². The molecule has 1 aliphatic rings. The molecular formula is C25H30N2O3S. The summed E-state index contributed by atoms with van der Waals surface area (Å²) < 4.78 is 12.4. The molecule has 1 saturated heterocycles. The van der Waals surface area contributed by atoms with Crippen LogP contribution in [0.1, 0.15) is 49.3 Å². The molecule has 164 valence electrons. The summed E-state index contributed by atoms with van der Waals surface area (Å²) in [6.45, 7) is 7.70. The maximum absolute atomic E-state index is 13.4. The number of aromatic nitrogens is 1. The number of anilines is 1. The smallest absolute Gasteiger partial charge is 0.233 e. The first-order valence-corrected chi connectivity index (χ1v) is 11.7. The van der Waals surface area contributed by atoms with Gasteiger partial charge in [0.1, 0.15) is 11.3 Å². The lowest BCUT2D eigenvalue weighted by atomic mass is 10.0. The molecule has 0 saturated carbocycles. The molecule has 0 N–H and O–H groups in total. The minimum absolute atomic E-state index is 0.0449. The Morgan fingerprint density at radius 1 is 1.26 bits per heavy atom. The number of aryl methyl sites for hydroxylation is 1. The van der Waals surface area contributed by atoms with Crippen LogP contribution < -0.4 is 9.64 Å². The van der Waals surface area contributed by atoms with Crippen LogP contribution in [-0.4, -0.2) is 37.3 Å². The van der Waals surface area contributed by atoms with E-state index in [1.165, 1.54) is 5.56 Å². The van der Waals surface area contributed by atoms with Gasteiger partial charge in [-0.1, -0.05) is 55.5 Å². The Balaban J connectivity index is 1.64. The summed E-state index contributed by atoms with van der Waals surface area (Å²) in [7, 11) is 1.65. The Labute approximate surface area is 188 Å². The molecule has 1 amide bonds. The van der Waals surface area contributed by atoms with E-state index in [0.717, 1.165) is 46.5 Å². The molecule has 0 aliphatic carbocycles. The number of methoxy groups -OCH3 is 1. The Morgan fingerprint density at radius 2 is 2.03 bits per heavy atom. The van der Waals surface area contributed by atoms with Crippen LogP contribution in [0, 0.1) is 6.92 Å². The summed E-state index contributed by atoms with van der Waals surface area (Å²) in [4.78, 5) is 20.1. The van der Waals surface area contributed by atoms with Crippen LogP contribution in [0.4, 0.5) is 5.13 Å². The Kier molecular flexibility index (Phi) is 6.58. The molecule has 31 heavy (non-hydrogen) atoms. The number of amides is 1. The van der Waals surface area contributed by atoms with E-state index in [0.29, 0.717) is 24.0 Å². The first-order valence-electron chi connectivity index (χ1n) is 10.9. The van der Waals surface area contributed by atoms with Crippen LogP contribution in [0.5, 0.6) is 5.75 Å². The van der Waals surface area contributed by atoms with Gasteiger partial charge in [-0.2, -0.15) is 0 Å². The van der Waals surface area contributed by atoms with Crippen molar-refractivity contribution in [2.45, 2.75) is 52.1 Å².